The Hall–Kier alpha value is -2.54. The van der Waals surface area contributed by atoms with Gasteiger partial charge >= 0.3 is 6.18 Å². The minimum Gasteiger partial charge on any atom is -0.379 e. The molecule has 30 heavy (non-hydrogen) atoms. The van der Waals surface area contributed by atoms with Gasteiger partial charge in [0.2, 0.25) is 5.82 Å². The van der Waals surface area contributed by atoms with E-state index in [4.69, 9.17) is 4.74 Å². The predicted molar refractivity (Wildman–Crippen MR) is 105 cm³/mol. The SMILES string of the molecule is CCN(CCCc1cc(-c2cccc(C(F)(F)F)c2)nc(C#N)n1)N1CCOCC1. The first kappa shape index (κ1) is 22.2. The second-order valence-corrected chi connectivity index (χ2v) is 6.97. The molecule has 0 radical (unpaired) electrons. The molecule has 2 heterocycles. The molecule has 1 saturated heterocycles. The van der Waals surface area contributed by atoms with E-state index in [9.17, 15) is 18.4 Å². The van der Waals surface area contributed by atoms with Crippen LogP contribution in [0.4, 0.5) is 13.2 Å². The molecule has 1 aliphatic heterocycles. The molecule has 0 bridgehead atoms. The normalized spacial score (nSPS) is 15.3. The van der Waals surface area contributed by atoms with E-state index in [0.29, 0.717) is 36.6 Å². The summed E-state index contributed by atoms with van der Waals surface area (Å²) in [6.07, 6.45) is -3.04. The van der Waals surface area contributed by atoms with Crippen LogP contribution in [-0.4, -0.2) is 59.4 Å². The van der Waals surface area contributed by atoms with Crippen LogP contribution in [0.25, 0.3) is 11.3 Å². The number of rotatable bonds is 7. The van der Waals surface area contributed by atoms with Gasteiger partial charge in [-0.25, -0.2) is 20.0 Å². The summed E-state index contributed by atoms with van der Waals surface area (Å²) in [5.41, 5.74) is 0.534. The number of halogens is 3. The number of hydrazine groups is 1. The summed E-state index contributed by atoms with van der Waals surface area (Å²) < 4.78 is 44.5. The monoisotopic (exact) mass is 419 g/mol. The van der Waals surface area contributed by atoms with Crippen LogP contribution in [0.2, 0.25) is 0 Å². The molecule has 9 heteroatoms. The summed E-state index contributed by atoms with van der Waals surface area (Å²) in [4.78, 5) is 8.34. The smallest absolute Gasteiger partial charge is 0.379 e. The van der Waals surface area contributed by atoms with Gasteiger partial charge in [-0.15, -0.1) is 0 Å². The van der Waals surface area contributed by atoms with Crippen LogP contribution in [0, 0.1) is 11.3 Å². The molecular formula is C21H24F3N5O. The first-order valence-electron chi connectivity index (χ1n) is 9.94. The highest BCUT2D eigenvalue weighted by atomic mass is 19.4. The molecule has 0 atom stereocenters. The number of nitrogens with zero attached hydrogens (tertiary/aromatic N) is 5. The Labute approximate surface area is 173 Å². The molecule has 0 amide bonds. The lowest BCUT2D eigenvalue weighted by Crippen LogP contribution is -2.49. The van der Waals surface area contributed by atoms with Crippen molar-refractivity contribution in [3.8, 4) is 17.3 Å². The zero-order valence-corrected chi connectivity index (χ0v) is 16.8. The number of hydrogen-bond acceptors (Lipinski definition) is 6. The van der Waals surface area contributed by atoms with E-state index in [0.717, 1.165) is 44.7 Å². The van der Waals surface area contributed by atoms with Crippen molar-refractivity contribution in [2.24, 2.45) is 0 Å². The lowest BCUT2D eigenvalue weighted by Gasteiger charge is -2.36. The number of ether oxygens (including phenoxy) is 1. The number of benzene rings is 1. The van der Waals surface area contributed by atoms with Crippen molar-refractivity contribution in [2.45, 2.75) is 25.9 Å². The Morgan fingerprint density at radius 3 is 2.63 bits per heavy atom. The molecule has 0 spiro atoms. The standard InChI is InChI=1S/C21H24F3N5O/c1-2-28(29-9-11-30-12-10-29)8-4-7-18-14-19(27-20(15-25)26-18)16-5-3-6-17(13-16)21(22,23)24/h3,5-6,13-14H,2,4,7-12H2,1H3. The first-order valence-corrected chi connectivity index (χ1v) is 9.94. The molecule has 160 valence electrons. The van der Waals surface area contributed by atoms with Crippen LogP contribution in [0.3, 0.4) is 0 Å². The van der Waals surface area contributed by atoms with Gasteiger partial charge in [0.1, 0.15) is 6.07 Å². The lowest BCUT2D eigenvalue weighted by atomic mass is 10.1. The fourth-order valence-electron chi connectivity index (χ4n) is 3.46. The van der Waals surface area contributed by atoms with E-state index in [1.807, 2.05) is 6.07 Å². The maximum atomic E-state index is 13.0. The summed E-state index contributed by atoms with van der Waals surface area (Å²) in [7, 11) is 0. The van der Waals surface area contributed by atoms with Gasteiger partial charge in [-0.05, 0) is 31.0 Å². The van der Waals surface area contributed by atoms with Gasteiger partial charge in [0.25, 0.3) is 0 Å². The highest BCUT2D eigenvalue weighted by molar-refractivity contribution is 5.61. The molecule has 3 rings (SSSR count). The third kappa shape index (κ3) is 5.75. The second kappa shape index (κ2) is 9.98. The van der Waals surface area contributed by atoms with Crippen LogP contribution in [0.1, 0.15) is 30.4 Å². The van der Waals surface area contributed by atoms with Crippen LogP contribution in [-0.2, 0) is 17.3 Å². The zero-order chi connectivity index (χ0) is 21.6. The summed E-state index contributed by atoms with van der Waals surface area (Å²) >= 11 is 0. The van der Waals surface area contributed by atoms with Gasteiger partial charge in [-0.2, -0.15) is 18.4 Å². The van der Waals surface area contributed by atoms with Gasteiger partial charge in [-0.3, -0.25) is 0 Å². The molecule has 0 aliphatic carbocycles. The quantitative estimate of drug-likeness (QED) is 0.684. The maximum absolute atomic E-state index is 13.0. The van der Waals surface area contributed by atoms with Crippen LogP contribution >= 0.6 is 0 Å². The van der Waals surface area contributed by atoms with E-state index in [1.165, 1.54) is 6.07 Å². The summed E-state index contributed by atoms with van der Waals surface area (Å²) in [5.74, 6) is -0.0413. The highest BCUT2D eigenvalue weighted by Crippen LogP contribution is 2.31. The van der Waals surface area contributed by atoms with Crippen LogP contribution in [0.5, 0.6) is 0 Å². The molecular weight excluding hydrogens is 395 g/mol. The van der Waals surface area contributed by atoms with E-state index in [-0.39, 0.29) is 5.82 Å². The zero-order valence-electron chi connectivity index (χ0n) is 16.8. The number of hydrogen-bond donors (Lipinski definition) is 0. The van der Waals surface area contributed by atoms with Crippen molar-refractivity contribution < 1.29 is 17.9 Å². The molecule has 6 nitrogen and oxygen atoms in total. The lowest BCUT2D eigenvalue weighted by molar-refractivity contribution is -0.137. The average molecular weight is 419 g/mol. The van der Waals surface area contributed by atoms with Crippen molar-refractivity contribution in [1.29, 1.82) is 5.26 Å². The summed E-state index contributed by atoms with van der Waals surface area (Å²) in [5, 5.41) is 13.8. The minimum atomic E-state index is -4.44. The molecule has 1 aliphatic rings. The van der Waals surface area contributed by atoms with Crippen molar-refractivity contribution in [3.63, 3.8) is 0 Å². The largest absolute Gasteiger partial charge is 0.416 e. The molecule has 0 saturated carbocycles. The number of morpholine rings is 1. The van der Waals surface area contributed by atoms with Crippen LogP contribution < -0.4 is 0 Å². The van der Waals surface area contributed by atoms with Crippen molar-refractivity contribution in [3.05, 3.63) is 47.4 Å². The van der Waals surface area contributed by atoms with Gasteiger partial charge in [-0.1, -0.05) is 19.1 Å². The number of nitriles is 1. The topological polar surface area (TPSA) is 65.3 Å². The van der Waals surface area contributed by atoms with E-state index in [1.54, 1.807) is 12.1 Å². The number of alkyl halides is 3. The van der Waals surface area contributed by atoms with Gasteiger partial charge in [0, 0.05) is 37.4 Å². The van der Waals surface area contributed by atoms with Gasteiger partial charge < -0.3 is 4.74 Å². The highest BCUT2D eigenvalue weighted by Gasteiger charge is 2.30. The Bertz CT molecular complexity index is 891. The second-order valence-electron chi connectivity index (χ2n) is 6.97. The maximum Gasteiger partial charge on any atom is 0.416 e. The van der Waals surface area contributed by atoms with Crippen molar-refractivity contribution in [1.82, 2.24) is 20.0 Å². The first-order chi connectivity index (χ1) is 14.4. The fourth-order valence-corrected chi connectivity index (χ4v) is 3.46. The molecule has 0 unspecified atom stereocenters. The molecule has 2 aromatic rings. The molecule has 1 aromatic heterocycles. The summed E-state index contributed by atoms with van der Waals surface area (Å²) in [6.45, 7) is 6.95. The Balaban J connectivity index is 1.73. The third-order valence-electron chi connectivity index (χ3n) is 4.97. The van der Waals surface area contributed by atoms with Gasteiger partial charge in [0.15, 0.2) is 0 Å². The minimum absolute atomic E-state index is 0.0413. The van der Waals surface area contributed by atoms with E-state index < -0.39 is 11.7 Å². The number of aromatic nitrogens is 2. The number of aryl methyl sites for hydroxylation is 1. The third-order valence-corrected chi connectivity index (χ3v) is 4.97. The van der Waals surface area contributed by atoms with Crippen molar-refractivity contribution in [2.75, 3.05) is 39.4 Å². The molecule has 1 fully saturated rings. The Morgan fingerprint density at radius 1 is 1.20 bits per heavy atom. The van der Waals surface area contributed by atoms with Crippen LogP contribution in [0.15, 0.2) is 30.3 Å². The summed E-state index contributed by atoms with van der Waals surface area (Å²) in [6, 6.07) is 8.53. The van der Waals surface area contributed by atoms with E-state index >= 15 is 0 Å². The average Bonchev–Trinajstić information content (AvgIpc) is 2.76. The van der Waals surface area contributed by atoms with Gasteiger partial charge in [0.05, 0.1) is 24.5 Å². The molecule has 1 aromatic carbocycles. The Kier molecular flexibility index (Phi) is 7.37. The predicted octanol–water partition coefficient (Wildman–Crippen LogP) is 3.54. The van der Waals surface area contributed by atoms with E-state index in [2.05, 4.69) is 26.9 Å². The van der Waals surface area contributed by atoms with Crippen molar-refractivity contribution >= 4 is 0 Å². The molecule has 0 N–H and O–H groups in total. The Morgan fingerprint density at radius 2 is 1.97 bits per heavy atom. The fraction of sp³-hybridized carbons (Fsp3) is 0.476.